The maximum atomic E-state index is 11.8. The third kappa shape index (κ3) is 10.2. The highest BCUT2D eigenvalue weighted by atomic mass is 35.5. The number of amides is 3. The SMILES string of the molecule is CCCCC(NC(N)=O)C(=O)NCC(C)(C)N.Cl. The number of halogens is 1. The smallest absolute Gasteiger partial charge is 0.312 e. The monoisotopic (exact) mass is 280 g/mol. The van der Waals surface area contributed by atoms with E-state index in [9.17, 15) is 9.59 Å². The zero-order valence-corrected chi connectivity index (χ0v) is 12.1. The molecule has 108 valence electrons. The summed E-state index contributed by atoms with van der Waals surface area (Å²) < 4.78 is 0. The van der Waals surface area contributed by atoms with Gasteiger partial charge in [-0.05, 0) is 20.3 Å². The Hall–Kier alpha value is -1.01. The van der Waals surface area contributed by atoms with Crippen LogP contribution in [0.5, 0.6) is 0 Å². The lowest BCUT2D eigenvalue weighted by atomic mass is 10.1. The molecule has 0 aliphatic heterocycles. The quantitative estimate of drug-likeness (QED) is 0.545. The first-order valence-corrected chi connectivity index (χ1v) is 5.89. The maximum Gasteiger partial charge on any atom is 0.312 e. The van der Waals surface area contributed by atoms with Crippen molar-refractivity contribution in [2.45, 2.75) is 51.6 Å². The fraction of sp³-hybridized carbons (Fsp3) is 0.818. The molecule has 0 bridgehead atoms. The average Bonchev–Trinajstić information content (AvgIpc) is 2.19. The lowest BCUT2D eigenvalue weighted by Gasteiger charge is -2.22. The second-order valence-electron chi connectivity index (χ2n) is 4.91. The summed E-state index contributed by atoms with van der Waals surface area (Å²) in [5.74, 6) is -0.240. The fourth-order valence-electron chi connectivity index (χ4n) is 1.29. The van der Waals surface area contributed by atoms with Crippen molar-refractivity contribution in [1.29, 1.82) is 0 Å². The molecule has 0 aromatic heterocycles. The van der Waals surface area contributed by atoms with Crippen molar-refractivity contribution in [3.63, 3.8) is 0 Å². The lowest BCUT2D eigenvalue weighted by molar-refractivity contribution is -0.123. The highest BCUT2D eigenvalue weighted by Crippen LogP contribution is 2.01. The first-order chi connectivity index (χ1) is 7.76. The summed E-state index contributed by atoms with van der Waals surface area (Å²) in [5.41, 5.74) is 10.3. The summed E-state index contributed by atoms with van der Waals surface area (Å²) in [4.78, 5) is 22.6. The third-order valence-electron chi connectivity index (χ3n) is 2.20. The first-order valence-electron chi connectivity index (χ1n) is 5.89. The minimum atomic E-state index is -0.687. The minimum Gasteiger partial charge on any atom is -0.352 e. The molecule has 0 heterocycles. The van der Waals surface area contributed by atoms with Crippen LogP contribution >= 0.6 is 12.4 Å². The number of primary amides is 1. The topological polar surface area (TPSA) is 110 Å². The fourth-order valence-corrected chi connectivity index (χ4v) is 1.29. The van der Waals surface area contributed by atoms with Gasteiger partial charge in [-0.15, -0.1) is 12.4 Å². The summed E-state index contributed by atoms with van der Waals surface area (Å²) >= 11 is 0. The highest BCUT2D eigenvalue weighted by Gasteiger charge is 2.20. The van der Waals surface area contributed by atoms with Crippen LogP contribution in [0.2, 0.25) is 0 Å². The summed E-state index contributed by atoms with van der Waals surface area (Å²) in [5, 5.41) is 5.14. The van der Waals surface area contributed by atoms with E-state index in [2.05, 4.69) is 10.6 Å². The van der Waals surface area contributed by atoms with Gasteiger partial charge in [0.2, 0.25) is 5.91 Å². The Kier molecular flexibility index (Phi) is 9.66. The van der Waals surface area contributed by atoms with Crippen LogP contribution in [-0.2, 0) is 4.79 Å². The van der Waals surface area contributed by atoms with Crippen LogP contribution in [-0.4, -0.2) is 30.1 Å². The largest absolute Gasteiger partial charge is 0.352 e. The number of nitrogens with one attached hydrogen (secondary N) is 2. The van der Waals surface area contributed by atoms with E-state index in [1.165, 1.54) is 0 Å². The van der Waals surface area contributed by atoms with Gasteiger partial charge in [0.15, 0.2) is 0 Å². The molecule has 0 aromatic carbocycles. The van der Waals surface area contributed by atoms with Gasteiger partial charge in [-0.2, -0.15) is 0 Å². The van der Waals surface area contributed by atoms with Crippen LogP contribution in [0, 0.1) is 0 Å². The molecule has 0 rings (SSSR count). The molecule has 0 saturated heterocycles. The maximum absolute atomic E-state index is 11.8. The van der Waals surface area contributed by atoms with Gasteiger partial charge in [-0.25, -0.2) is 4.79 Å². The van der Waals surface area contributed by atoms with Crippen LogP contribution < -0.4 is 22.1 Å². The predicted octanol–water partition coefficient (Wildman–Crippen LogP) is 0.489. The van der Waals surface area contributed by atoms with Crippen LogP contribution in [0.25, 0.3) is 0 Å². The molecule has 0 spiro atoms. The molecule has 3 amide bonds. The van der Waals surface area contributed by atoms with Crippen LogP contribution in [0.4, 0.5) is 4.79 Å². The molecule has 0 fully saturated rings. The number of nitrogens with two attached hydrogens (primary N) is 2. The van der Waals surface area contributed by atoms with Crippen molar-refractivity contribution in [2.24, 2.45) is 11.5 Å². The van der Waals surface area contributed by atoms with Gasteiger partial charge >= 0.3 is 6.03 Å². The van der Waals surface area contributed by atoms with Gasteiger partial charge in [0.25, 0.3) is 0 Å². The van der Waals surface area contributed by atoms with Gasteiger partial charge in [0, 0.05) is 12.1 Å². The summed E-state index contributed by atoms with van der Waals surface area (Å²) in [6.07, 6.45) is 2.38. The first kappa shape index (κ1) is 19.3. The zero-order valence-electron chi connectivity index (χ0n) is 11.3. The number of hydrogen-bond donors (Lipinski definition) is 4. The molecule has 0 radical (unpaired) electrons. The van der Waals surface area contributed by atoms with Gasteiger partial charge in [0.05, 0.1) is 0 Å². The van der Waals surface area contributed by atoms with E-state index in [4.69, 9.17) is 11.5 Å². The molecular formula is C11H25ClN4O2. The molecule has 18 heavy (non-hydrogen) atoms. The predicted molar refractivity (Wildman–Crippen MR) is 74.6 cm³/mol. The van der Waals surface area contributed by atoms with Gasteiger partial charge in [0.1, 0.15) is 6.04 Å². The van der Waals surface area contributed by atoms with Crippen molar-refractivity contribution in [2.75, 3.05) is 6.54 Å². The van der Waals surface area contributed by atoms with E-state index in [-0.39, 0.29) is 18.3 Å². The molecule has 0 aliphatic rings. The van der Waals surface area contributed by atoms with E-state index < -0.39 is 17.6 Å². The number of carbonyl (C=O) groups is 2. The van der Waals surface area contributed by atoms with Gasteiger partial charge in [-0.1, -0.05) is 19.8 Å². The molecule has 6 nitrogen and oxygen atoms in total. The van der Waals surface area contributed by atoms with Crippen molar-refractivity contribution < 1.29 is 9.59 Å². The van der Waals surface area contributed by atoms with E-state index in [1.54, 1.807) is 0 Å². The highest BCUT2D eigenvalue weighted by molar-refractivity contribution is 5.86. The number of unbranched alkanes of at least 4 members (excludes halogenated alkanes) is 1. The second-order valence-corrected chi connectivity index (χ2v) is 4.91. The number of urea groups is 1. The average molecular weight is 281 g/mol. The molecule has 0 saturated carbocycles. The van der Waals surface area contributed by atoms with Crippen molar-refractivity contribution in [3.05, 3.63) is 0 Å². The van der Waals surface area contributed by atoms with Gasteiger partial charge in [-0.3, -0.25) is 4.79 Å². The standard InChI is InChI=1S/C11H24N4O2.ClH/c1-4-5-6-8(15-10(12)17)9(16)14-7-11(2,3)13;/h8H,4-7,13H2,1-3H3,(H,14,16)(H3,12,15,17);1H. The van der Waals surface area contributed by atoms with Gasteiger partial charge < -0.3 is 22.1 Å². The Bertz CT molecular complexity index is 266. The molecule has 1 atom stereocenters. The Morgan fingerprint density at radius 1 is 1.33 bits per heavy atom. The lowest BCUT2D eigenvalue weighted by Crippen LogP contribution is -2.52. The molecule has 0 aliphatic carbocycles. The van der Waals surface area contributed by atoms with E-state index >= 15 is 0 Å². The molecule has 1 unspecified atom stereocenters. The number of hydrogen-bond acceptors (Lipinski definition) is 3. The van der Waals surface area contributed by atoms with Crippen molar-refractivity contribution >= 4 is 24.3 Å². The minimum absolute atomic E-state index is 0. The van der Waals surface area contributed by atoms with Crippen LogP contribution in [0.3, 0.4) is 0 Å². The second kappa shape index (κ2) is 8.99. The molecular weight excluding hydrogens is 256 g/mol. The van der Waals surface area contributed by atoms with Crippen molar-refractivity contribution in [1.82, 2.24) is 10.6 Å². The molecule has 0 aromatic rings. The Labute approximate surface area is 115 Å². The molecule has 7 heteroatoms. The van der Waals surface area contributed by atoms with E-state index in [0.29, 0.717) is 13.0 Å². The van der Waals surface area contributed by atoms with Crippen molar-refractivity contribution in [3.8, 4) is 0 Å². The number of rotatable bonds is 7. The van der Waals surface area contributed by atoms with E-state index in [0.717, 1.165) is 12.8 Å². The Balaban J connectivity index is 0. The van der Waals surface area contributed by atoms with Crippen LogP contribution in [0.1, 0.15) is 40.0 Å². The van der Waals surface area contributed by atoms with Crippen LogP contribution in [0.15, 0.2) is 0 Å². The summed E-state index contributed by atoms with van der Waals surface area (Å²) in [7, 11) is 0. The zero-order chi connectivity index (χ0) is 13.5. The third-order valence-corrected chi connectivity index (χ3v) is 2.20. The molecule has 6 N–H and O–H groups in total. The van der Waals surface area contributed by atoms with E-state index in [1.807, 2.05) is 20.8 Å². The Morgan fingerprint density at radius 3 is 2.28 bits per heavy atom. The summed E-state index contributed by atoms with van der Waals surface area (Å²) in [6.45, 7) is 6.00. The normalized spacial score (nSPS) is 12.2. The summed E-state index contributed by atoms with van der Waals surface area (Å²) in [6, 6.07) is -1.26. The number of carbonyl (C=O) groups excluding carboxylic acids is 2. The Morgan fingerprint density at radius 2 is 1.89 bits per heavy atom.